The molecule has 2 aliphatic rings. The van der Waals surface area contributed by atoms with E-state index in [4.69, 9.17) is 4.74 Å². The summed E-state index contributed by atoms with van der Waals surface area (Å²) in [6.07, 6.45) is 12.8. The molecule has 1 atom stereocenters. The molecular formula is C15H27NO. The first-order chi connectivity index (χ1) is 8.40. The second-order valence-electron chi connectivity index (χ2n) is 5.56. The second kappa shape index (κ2) is 7.05. The van der Waals surface area contributed by atoms with E-state index in [0.717, 1.165) is 19.1 Å². The molecule has 98 valence electrons. The van der Waals surface area contributed by atoms with Crippen molar-refractivity contribution in [1.82, 2.24) is 5.32 Å². The number of hydrogen-bond donors (Lipinski definition) is 1. The molecule has 1 fully saturated rings. The van der Waals surface area contributed by atoms with Crippen molar-refractivity contribution in [2.45, 2.75) is 64.3 Å². The minimum atomic E-state index is 0.582. The molecule has 2 heteroatoms. The van der Waals surface area contributed by atoms with Gasteiger partial charge in [0.2, 0.25) is 0 Å². The van der Waals surface area contributed by atoms with Gasteiger partial charge < -0.3 is 10.1 Å². The zero-order valence-electron chi connectivity index (χ0n) is 11.2. The molecule has 0 spiro atoms. The van der Waals surface area contributed by atoms with Crippen molar-refractivity contribution in [3.05, 3.63) is 11.8 Å². The van der Waals surface area contributed by atoms with E-state index in [9.17, 15) is 0 Å². The van der Waals surface area contributed by atoms with Crippen molar-refractivity contribution in [2.24, 2.45) is 5.92 Å². The van der Waals surface area contributed by atoms with Crippen LogP contribution >= 0.6 is 0 Å². The fourth-order valence-electron chi connectivity index (χ4n) is 3.10. The molecule has 0 amide bonds. The molecule has 17 heavy (non-hydrogen) atoms. The van der Waals surface area contributed by atoms with E-state index < -0.39 is 0 Å². The van der Waals surface area contributed by atoms with Gasteiger partial charge in [0.15, 0.2) is 0 Å². The molecule has 1 N–H and O–H groups in total. The normalized spacial score (nSPS) is 23.2. The van der Waals surface area contributed by atoms with Gasteiger partial charge in [-0.1, -0.05) is 32.6 Å². The molecule has 0 aromatic rings. The predicted octanol–water partition coefficient (Wildman–Crippen LogP) is 3.63. The summed E-state index contributed by atoms with van der Waals surface area (Å²) < 4.78 is 5.51. The van der Waals surface area contributed by atoms with E-state index in [0.29, 0.717) is 6.04 Å². The van der Waals surface area contributed by atoms with Crippen LogP contribution in [0.5, 0.6) is 0 Å². The number of hydrogen-bond acceptors (Lipinski definition) is 2. The zero-order chi connectivity index (χ0) is 11.9. The summed E-state index contributed by atoms with van der Waals surface area (Å²) in [6, 6.07) is 0.582. The maximum Gasteiger partial charge on any atom is 0.0876 e. The summed E-state index contributed by atoms with van der Waals surface area (Å²) in [4.78, 5) is 0. The van der Waals surface area contributed by atoms with Crippen LogP contribution in [-0.2, 0) is 4.74 Å². The number of nitrogens with one attached hydrogen (secondary N) is 1. The van der Waals surface area contributed by atoms with Crippen LogP contribution in [0.2, 0.25) is 0 Å². The van der Waals surface area contributed by atoms with Crippen molar-refractivity contribution in [3.8, 4) is 0 Å². The van der Waals surface area contributed by atoms with Crippen LogP contribution < -0.4 is 5.32 Å². The van der Waals surface area contributed by atoms with Crippen LogP contribution in [-0.4, -0.2) is 19.2 Å². The Labute approximate surface area is 106 Å². The highest BCUT2D eigenvalue weighted by molar-refractivity contribution is 5.10. The summed E-state index contributed by atoms with van der Waals surface area (Å²) in [6.45, 7) is 4.29. The van der Waals surface area contributed by atoms with Gasteiger partial charge in [-0.25, -0.2) is 0 Å². The molecule has 0 bridgehead atoms. The van der Waals surface area contributed by atoms with Crippen LogP contribution in [0.25, 0.3) is 0 Å². The van der Waals surface area contributed by atoms with Gasteiger partial charge in [0, 0.05) is 6.04 Å². The minimum Gasteiger partial charge on any atom is -0.501 e. The molecule has 0 radical (unpaired) electrons. The molecule has 1 heterocycles. The Morgan fingerprint density at radius 1 is 1.35 bits per heavy atom. The van der Waals surface area contributed by atoms with Crippen LogP contribution in [0, 0.1) is 5.92 Å². The standard InChI is InChI=1S/C15H27NO/c1-2-9-16-15(11-13-6-3-4-7-13)14-8-5-10-17-12-14/h12-13,15-16H,2-11H2,1H3. The Bertz CT molecular complexity index is 243. The molecule has 0 aromatic carbocycles. The average Bonchev–Trinajstić information content (AvgIpc) is 2.88. The van der Waals surface area contributed by atoms with Crippen LogP contribution in [0.15, 0.2) is 11.8 Å². The number of ether oxygens (including phenoxy) is 1. The monoisotopic (exact) mass is 237 g/mol. The van der Waals surface area contributed by atoms with E-state index in [-0.39, 0.29) is 0 Å². The Morgan fingerprint density at radius 2 is 2.18 bits per heavy atom. The fraction of sp³-hybridized carbons (Fsp3) is 0.867. The lowest BCUT2D eigenvalue weighted by molar-refractivity contribution is 0.217. The third-order valence-electron chi connectivity index (χ3n) is 4.09. The molecule has 0 saturated heterocycles. The Kier molecular flexibility index (Phi) is 5.37. The van der Waals surface area contributed by atoms with Crippen molar-refractivity contribution in [1.29, 1.82) is 0 Å². The third kappa shape index (κ3) is 4.02. The van der Waals surface area contributed by atoms with E-state index >= 15 is 0 Å². The van der Waals surface area contributed by atoms with Crippen molar-refractivity contribution in [2.75, 3.05) is 13.2 Å². The lowest BCUT2D eigenvalue weighted by atomic mass is 9.91. The SMILES string of the molecule is CCCNC(CC1CCCC1)C1=COCCC1. The van der Waals surface area contributed by atoms with Crippen LogP contribution in [0.1, 0.15) is 58.3 Å². The summed E-state index contributed by atoms with van der Waals surface area (Å²) in [5.74, 6) is 0.951. The highest BCUT2D eigenvalue weighted by atomic mass is 16.5. The van der Waals surface area contributed by atoms with E-state index in [2.05, 4.69) is 12.2 Å². The van der Waals surface area contributed by atoms with Crippen molar-refractivity contribution in [3.63, 3.8) is 0 Å². The van der Waals surface area contributed by atoms with Crippen LogP contribution in [0.3, 0.4) is 0 Å². The fourth-order valence-corrected chi connectivity index (χ4v) is 3.10. The van der Waals surface area contributed by atoms with Crippen molar-refractivity contribution >= 4 is 0 Å². The highest BCUT2D eigenvalue weighted by Gasteiger charge is 2.23. The van der Waals surface area contributed by atoms with Gasteiger partial charge in [-0.3, -0.25) is 0 Å². The van der Waals surface area contributed by atoms with E-state index in [1.165, 1.54) is 56.9 Å². The highest BCUT2D eigenvalue weighted by Crippen LogP contribution is 2.31. The summed E-state index contributed by atoms with van der Waals surface area (Å²) in [7, 11) is 0. The molecule has 1 aliphatic carbocycles. The molecular weight excluding hydrogens is 210 g/mol. The lowest BCUT2D eigenvalue weighted by Gasteiger charge is -2.26. The van der Waals surface area contributed by atoms with Gasteiger partial charge >= 0.3 is 0 Å². The first-order valence-corrected chi connectivity index (χ1v) is 7.44. The van der Waals surface area contributed by atoms with E-state index in [1.807, 2.05) is 6.26 Å². The van der Waals surface area contributed by atoms with Gasteiger partial charge in [0.1, 0.15) is 0 Å². The molecule has 1 aliphatic heterocycles. The summed E-state index contributed by atoms with van der Waals surface area (Å²) in [5, 5.41) is 3.72. The average molecular weight is 237 g/mol. The molecule has 1 unspecified atom stereocenters. The molecule has 2 rings (SSSR count). The Morgan fingerprint density at radius 3 is 2.82 bits per heavy atom. The number of rotatable bonds is 6. The van der Waals surface area contributed by atoms with Gasteiger partial charge in [-0.2, -0.15) is 0 Å². The van der Waals surface area contributed by atoms with E-state index in [1.54, 1.807) is 0 Å². The predicted molar refractivity (Wildman–Crippen MR) is 71.9 cm³/mol. The largest absolute Gasteiger partial charge is 0.501 e. The van der Waals surface area contributed by atoms with Crippen molar-refractivity contribution < 1.29 is 4.74 Å². The first-order valence-electron chi connectivity index (χ1n) is 7.44. The molecule has 1 saturated carbocycles. The topological polar surface area (TPSA) is 21.3 Å². The smallest absolute Gasteiger partial charge is 0.0876 e. The summed E-state index contributed by atoms with van der Waals surface area (Å²) >= 11 is 0. The van der Waals surface area contributed by atoms with Gasteiger partial charge in [0.05, 0.1) is 12.9 Å². The minimum absolute atomic E-state index is 0.582. The zero-order valence-corrected chi connectivity index (χ0v) is 11.2. The van der Waals surface area contributed by atoms with Gasteiger partial charge in [-0.05, 0) is 43.7 Å². The van der Waals surface area contributed by atoms with Gasteiger partial charge in [-0.15, -0.1) is 0 Å². The quantitative estimate of drug-likeness (QED) is 0.761. The second-order valence-corrected chi connectivity index (χ2v) is 5.56. The summed E-state index contributed by atoms with van der Waals surface area (Å²) in [5.41, 5.74) is 1.51. The first kappa shape index (κ1) is 12.9. The van der Waals surface area contributed by atoms with Crippen LogP contribution in [0.4, 0.5) is 0 Å². The lowest BCUT2D eigenvalue weighted by Crippen LogP contribution is -2.34. The molecule has 0 aromatic heterocycles. The van der Waals surface area contributed by atoms with Gasteiger partial charge in [0.25, 0.3) is 0 Å². The molecule has 2 nitrogen and oxygen atoms in total. The maximum absolute atomic E-state index is 5.51. The Balaban J connectivity index is 1.88. The Hall–Kier alpha value is -0.500. The third-order valence-corrected chi connectivity index (χ3v) is 4.09. The maximum atomic E-state index is 5.51.